The third-order valence-electron chi connectivity index (χ3n) is 3.09. The van der Waals surface area contributed by atoms with E-state index in [0.717, 1.165) is 11.4 Å². The van der Waals surface area contributed by atoms with Crippen LogP contribution < -0.4 is 5.73 Å². The van der Waals surface area contributed by atoms with Gasteiger partial charge in [-0.25, -0.2) is 4.79 Å². The number of primary amides is 1. The van der Waals surface area contributed by atoms with Crippen molar-refractivity contribution in [2.45, 2.75) is 45.4 Å². The molecule has 1 aromatic rings. The second-order valence-corrected chi connectivity index (χ2v) is 6.09. The van der Waals surface area contributed by atoms with Gasteiger partial charge < -0.3 is 10.5 Å². The number of amides is 2. The lowest BCUT2D eigenvalue weighted by Crippen LogP contribution is -2.46. The first kappa shape index (κ1) is 15.9. The Balaban J connectivity index is 2.27. The summed E-state index contributed by atoms with van der Waals surface area (Å²) in [4.78, 5) is 33.4. The normalized spacial score (nSPS) is 18.1. The Labute approximate surface area is 129 Å². The van der Waals surface area contributed by atoms with Gasteiger partial charge in [-0.1, -0.05) is 6.08 Å². The number of hydrogen-bond acceptors (Lipinski definition) is 5. The smallest absolute Gasteiger partial charge is 0.411 e. The lowest BCUT2D eigenvalue weighted by Gasteiger charge is -2.35. The van der Waals surface area contributed by atoms with Gasteiger partial charge in [0.1, 0.15) is 5.60 Å². The summed E-state index contributed by atoms with van der Waals surface area (Å²) in [6.45, 7) is 5.69. The number of nitrogens with zero attached hydrogens (tertiary/aromatic N) is 3. The lowest BCUT2D eigenvalue weighted by molar-refractivity contribution is -0.113. The van der Waals surface area contributed by atoms with Crippen molar-refractivity contribution < 1.29 is 14.3 Å². The van der Waals surface area contributed by atoms with Crippen molar-refractivity contribution in [1.82, 2.24) is 14.9 Å². The van der Waals surface area contributed by atoms with Crippen LogP contribution in [0, 0.1) is 0 Å². The molecule has 0 saturated carbocycles. The third-order valence-corrected chi connectivity index (χ3v) is 3.09. The first-order valence-corrected chi connectivity index (χ1v) is 7.02. The van der Waals surface area contributed by atoms with Crippen LogP contribution >= 0.6 is 0 Å². The number of hydrogen-bond donors (Lipinski definition) is 1. The second kappa shape index (κ2) is 6.13. The zero-order valence-electron chi connectivity index (χ0n) is 12.9. The minimum atomic E-state index is -0.600. The Hall–Kier alpha value is -2.44. The standard InChI is InChI=1S/C15H20N4O3/c1-15(2,3)22-14(21)19-9-12-11(17-6-7-18-12)8-10(19)4-5-13(16)20/h4-7,10H,8-9H2,1-3H3,(H2,16,20)/b5-4-. The van der Waals surface area contributed by atoms with E-state index in [0.29, 0.717) is 6.42 Å². The molecule has 0 fully saturated rings. The van der Waals surface area contributed by atoms with Crippen molar-refractivity contribution in [2.24, 2.45) is 5.73 Å². The fourth-order valence-electron chi connectivity index (χ4n) is 2.18. The quantitative estimate of drug-likeness (QED) is 0.827. The highest BCUT2D eigenvalue weighted by atomic mass is 16.6. The number of nitrogens with two attached hydrogens (primary N) is 1. The first-order valence-electron chi connectivity index (χ1n) is 7.02. The molecule has 0 radical (unpaired) electrons. The Morgan fingerprint density at radius 1 is 1.32 bits per heavy atom. The molecule has 2 N–H and O–H groups in total. The van der Waals surface area contributed by atoms with Crippen molar-refractivity contribution in [3.05, 3.63) is 35.9 Å². The highest BCUT2D eigenvalue weighted by Crippen LogP contribution is 2.23. The fourth-order valence-corrected chi connectivity index (χ4v) is 2.18. The van der Waals surface area contributed by atoms with Crippen LogP contribution in [-0.2, 0) is 22.5 Å². The van der Waals surface area contributed by atoms with E-state index in [1.54, 1.807) is 39.2 Å². The molecule has 2 heterocycles. The van der Waals surface area contributed by atoms with Gasteiger partial charge in [0.05, 0.1) is 24.0 Å². The molecule has 7 nitrogen and oxygen atoms in total. The Kier molecular flexibility index (Phi) is 4.44. The SMILES string of the molecule is CC(C)(C)OC(=O)N1Cc2nccnc2CC1/C=C\C(N)=O. The zero-order valence-corrected chi connectivity index (χ0v) is 12.9. The molecule has 7 heteroatoms. The number of fused-ring (bicyclic) bond motifs is 1. The minimum absolute atomic E-state index is 0.284. The molecule has 1 aliphatic rings. The lowest BCUT2D eigenvalue weighted by atomic mass is 10.0. The predicted octanol–water partition coefficient (Wildman–Crippen LogP) is 1.18. The minimum Gasteiger partial charge on any atom is -0.444 e. The van der Waals surface area contributed by atoms with Crippen LogP contribution in [-0.4, -0.2) is 38.5 Å². The molecule has 0 aromatic carbocycles. The number of aromatic nitrogens is 2. The number of carbonyl (C=O) groups excluding carboxylic acids is 2. The Morgan fingerprint density at radius 3 is 2.55 bits per heavy atom. The summed E-state index contributed by atoms with van der Waals surface area (Å²) in [6.07, 6.45) is 6.06. The van der Waals surface area contributed by atoms with Gasteiger partial charge in [0.25, 0.3) is 0 Å². The van der Waals surface area contributed by atoms with Gasteiger partial charge in [0.2, 0.25) is 5.91 Å². The largest absolute Gasteiger partial charge is 0.444 e. The van der Waals surface area contributed by atoms with Crippen LogP contribution in [0.25, 0.3) is 0 Å². The van der Waals surface area contributed by atoms with Crippen LogP contribution in [0.1, 0.15) is 32.2 Å². The molecular weight excluding hydrogens is 284 g/mol. The van der Waals surface area contributed by atoms with Crippen molar-refractivity contribution in [2.75, 3.05) is 0 Å². The van der Waals surface area contributed by atoms with E-state index in [1.807, 2.05) is 0 Å². The van der Waals surface area contributed by atoms with Gasteiger partial charge in [-0.05, 0) is 20.8 Å². The van der Waals surface area contributed by atoms with Gasteiger partial charge >= 0.3 is 6.09 Å². The molecule has 0 spiro atoms. The van der Waals surface area contributed by atoms with Crippen molar-refractivity contribution in [3.8, 4) is 0 Å². The van der Waals surface area contributed by atoms with E-state index in [2.05, 4.69) is 9.97 Å². The summed E-state index contributed by atoms with van der Waals surface area (Å²) in [5, 5.41) is 0. The van der Waals surface area contributed by atoms with E-state index >= 15 is 0 Å². The summed E-state index contributed by atoms with van der Waals surface area (Å²) in [6, 6.07) is -0.341. The van der Waals surface area contributed by atoms with Crippen molar-refractivity contribution in [1.29, 1.82) is 0 Å². The molecular formula is C15H20N4O3. The molecule has 1 atom stereocenters. The first-order chi connectivity index (χ1) is 10.3. The molecule has 1 unspecified atom stereocenters. The highest BCUT2D eigenvalue weighted by molar-refractivity contribution is 5.86. The topological polar surface area (TPSA) is 98.4 Å². The maximum atomic E-state index is 12.4. The highest BCUT2D eigenvalue weighted by Gasteiger charge is 2.32. The summed E-state index contributed by atoms with van der Waals surface area (Å²) in [5.74, 6) is -0.561. The summed E-state index contributed by atoms with van der Waals surface area (Å²) >= 11 is 0. The average molecular weight is 304 g/mol. The molecule has 2 amide bonds. The van der Waals surface area contributed by atoms with Gasteiger partial charge in [0, 0.05) is 24.9 Å². The Morgan fingerprint density at radius 2 is 1.95 bits per heavy atom. The molecule has 0 saturated heterocycles. The third kappa shape index (κ3) is 4.03. The summed E-state index contributed by atoms with van der Waals surface area (Å²) < 4.78 is 5.42. The van der Waals surface area contributed by atoms with Gasteiger partial charge in [0.15, 0.2) is 0 Å². The number of carbonyl (C=O) groups is 2. The molecule has 118 valence electrons. The fraction of sp³-hybridized carbons (Fsp3) is 0.467. The van der Waals surface area contributed by atoms with Crippen molar-refractivity contribution >= 4 is 12.0 Å². The molecule has 1 aromatic heterocycles. The summed E-state index contributed by atoms with van der Waals surface area (Å²) in [7, 11) is 0. The molecule has 2 rings (SSSR count). The zero-order chi connectivity index (χ0) is 16.3. The molecule has 1 aliphatic heterocycles. The van der Waals surface area contributed by atoms with E-state index in [-0.39, 0.29) is 12.6 Å². The number of ether oxygens (including phenoxy) is 1. The van der Waals surface area contributed by atoms with Crippen LogP contribution in [0.2, 0.25) is 0 Å². The predicted molar refractivity (Wildman–Crippen MR) is 79.6 cm³/mol. The average Bonchev–Trinajstić information content (AvgIpc) is 2.42. The van der Waals surface area contributed by atoms with E-state index < -0.39 is 17.6 Å². The van der Waals surface area contributed by atoms with Crippen molar-refractivity contribution in [3.63, 3.8) is 0 Å². The maximum absolute atomic E-state index is 12.4. The van der Waals surface area contributed by atoms with Crippen LogP contribution in [0.5, 0.6) is 0 Å². The molecule has 0 bridgehead atoms. The Bertz CT molecular complexity index is 607. The van der Waals surface area contributed by atoms with Crippen LogP contribution in [0.3, 0.4) is 0 Å². The number of rotatable bonds is 2. The van der Waals surface area contributed by atoms with E-state index in [1.165, 1.54) is 11.0 Å². The van der Waals surface area contributed by atoms with Crippen LogP contribution in [0.15, 0.2) is 24.5 Å². The van der Waals surface area contributed by atoms with Gasteiger partial charge in [-0.15, -0.1) is 0 Å². The molecule has 0 aliphatic carbocycles. The maximum Gasteiger partial charge on any atom is 0.411 e. The van der Waals surface area contributed by atoms with Gasteiger partial charge in [-0.2, -0.15) is 0 Å². The monoisotopic (exact) mass is 304 g/mol. The van der Waals surface area contributed by atoms with E-state index in [4.69, 9.17) is 10.5 Å². The van der Waals surface area contributed by atoms with Crippen LogP contribution in [0.4, 0.5) is 4.79 Å². The molecule has 22 heavy (non-hydrogen) atoms. The van der Waals surface area contributed by atoms with E-state index in [9.17, 15) is 9.59 Å². The van der Waals surface area contributed by atoms with Gasteiger partial charge in [-0.3, -0.25) is 19.7 Å². The second-order valence-electron chi connectivity index (χ2n) is 6.09. The summed E-state index contributed by atoms with van der Waals surface area (Å²) in [5.41, 5.74) is 6.08.